The third-order valence-corrected chi connectivity index (χ3v) is 2.23. The molecule has 0 aliphatic carbocycles. The first kappa shape index (κ1) is 10.8. The van der Waals surface area contributed by atoms with E-state index in [1.54, 1.807) is 0 Å². The number of nitrogens with two attached hydrogens (primary N) is 1. The molecule has 2 N–H and O–H groups in total. The van der Waals surface area contributed by atoms with Crippen LogP contribution in [0.5, 0.6) is 0 Å². The third-order valence-electron chi connectivity index (χ3n) is 2.23. The summed E-state index contributed by atoms with van der Waals surface area (Å²) in [5.74, 6) is 6.26. The summed E-state index contributed by atoms with van der Waals surface area (Å²) >= 11 is 0. The minimum absolute atomic E-state index is 0.708. The van der Waals surface area contributed by atoms with Crippen molar-refractivity contribution in [2.45, 2.75) is 26.7 Å². The number of nitrogens with zero attached hydrogens (tertiary/aromatic N) is 2. The molecule has 0 saturated heterocycles. The fourth-order valence-electron chi connectivity index (χ4n) is 1.30. The van der Waals surface area contributed by atoms with E-state index < -0.39 is 0 Å². The zero-order valence-corrected chi connectivity index (χ0v) is 9.09. The number of unbranched alkanes of at least 4 members (excludes halogenated alkanes) is 1. The maximum atomic E-state index is 5.39. The Morgan fingerprint density at radius 1 is 1.43 bits per heavy atom. The Morgan fingerprint density at radius 2 is 2.14 bits per heavy atom. The van der Waals surface area contributed by atoms with Crippen LogP contribution < -0.4 is 5.73 Å². The van der Waals surface area contributed by atoms with Crippen molar-refractivity contribution in [1.82, 2.24) is 9.78 Å². The van der Waals surface area contributed by atoms with Gasteiger partial charge in [-0.1, -0.05) is 11.8 Å². The quantitative estimate of drug-likeness (QED) is 0.562. The molecule has 0 aliphatic rings. The van der Waals surface area contributed by atoms with Gasteiger partial charge in [-0.2, -0.15) is 5.10 Å². The van der Waals surface area contributed by atoms with E-state index >= 15 is 0 Å². The highest BCUT2D eigenvalue weighted by Crippen LogP contribution is 2.09. The van der Waals surface area contributed by atoms with Crippen LogP contribution in [0, 0.1) is 25.7 Å². The fraction of sp³-hybridized carbons (Fsp3) is 0.545. The summed E-state index contributed by atoms with van der Waals surface area (Å²) in [6.45, 7) is 4.73. The number of hydrogen-bond acceptors (Lipinski definition) is 2. The van der Waals surface area contributed by atoms with Gasteiger partial charge in [0.15, 0.2) is 0 Å². The Kier molecular flexibility index (Phi) is 3.73. The van der Waals surface area contributed by atoms with E-state index in [1.165, 1.54) is 0 Å². The molecule has 0 amide bonds. The highest BCUT2D eigenvalue weighted by atomic mass is 15.3. The zero-order valence-electron chi connectivity index (χ0n) is 9.09. The van der Waals surface area contributed by atoms with Crippen LogP contribution in [-0.2, 0) is 7.05 Å². The molecule has 14 heavy (non-hydrogen) atoms. The van der Waals surface area contributed by atoms with E-state index in [0.717, 1.165) is 29.8 Å². The maximum absolute atomic E-state index is 5.39. The monoisotopic (exact) mass is 191 g/mol. The van der Waals surface area contributed by atoms with Crippen molar-refractivity contribution in [1.29, 1.82) is 0 Å². The fourth-order valence-corrected chi connectivity index (χ4v) is 1.30. The molecule has 3 nitrogen and oxygen atoms in total. The number of rotatable bonds is 2. The molecule has 1 aromatic heterocycles. The SMILES string of the molecule is Cc1nn(C)c(C)c1C#CCCCN. The molecule has 0 aromatic carbocycles. The molecule has 0 bridgehead atoms. The molecule has 1 aromatic rings. The highest BCUT2D eigenvalue weighted by molar-refractivity contribution is 5.41. The average Bonchev–Trinajstić information content (AvgIpc) is 2.38. The predicted molar refractivity (Wildman–Crippen MR) is 57.8 cm³/mol. The highest BCUT2D eigenvalue weighted by Gasteiger charge is 2.05. The lowest BCUT2D eigenvalue weighted by atomic mass is 10.2. The van der Waals surface area contributed by atoms with Gasteiger partial charge in [0.2, 0.25) is 0 Å². The number of aromatic nitrogens is 2. The Hall–Kier alpha value is -1.27. The van der Waals surface area contributed by atoms with Crippen molar-refractivity contribution in [2.75, 3.05) is 6.54 Å². The molecule has 0 saturated carbocycles. The molecule has 1 rings (SSSR count). The van der Waals surface area contributed by atoms with Gasteiger partial charge in [0, 0.05) is 13.5 Å². The van der Waals surface area contributed by atoms with Gasteiger partial charge in [0.25, 0.3) is 0 Å². The lowest BCUT2D eigenvalue weighted by Crippen LogP contribution is -1.96. The standard InChI is InChI=1S/C11H17N3/c1-9-11(7-5-4-6-8-12)10(2)14(3)13-9/h4,6,8,12H2,1-3H3. The minimum Gasteiger partial charge on any atom is -0.330 e. The smallest absolute Gasteiger partial charge is 0.0752 e. The summed E-state index contributed by atoms with van der Waals surface area (Å²) in [6.07, 6.45) is 1.83. The van der Waals surface area contributed by atoms with Crippen molar-refractivity contribution in [2.24, 2.45) is 12.8 Å². The van der Waals surface area contributed by atoms with Crippen LogP contribution in [0.25, 0.3) is 0 Å². The normalized spacial score (nSPS) is 9.71. The van der Waals surface area contributed by atoms with Crippen molar-refractivity contribution >= 4 is 0 Å². The molecular formula is C11H17N3. The van der Waals surface area contributed by atoms with E-state index in [0.29, 0.717) is 6.54 Å². The first-order valence-electron chi connectivity index (χ1n) is 4.86. The second kappa shape index (κ2) is 4.83. The van der Waals surface area contributed by atoms with Gasteiger partial charge in [-0.25, -0.2) is 0 Å². The van der Waals surface area contributed by atoms with Crippen molar-refractivity contribution in [3.63, 3.8) is 0 Å². The number of aryl methyl sites for hydroxylation is 2. The lowest BCUT2D eigenvalue weighted by molar-refractivity contribution is 0.731. The van der Waals surface area contributed by atoms with E-state index in [-0.39, 0.29) is 0 Å². The minimum atomic E-state index is 0.708. The van der Waals surface area contributed by atoms with Gasteiger partial charge in [-0.15, -0.1) is 0 Å². The Balaban J connectivity index is 2.78. The zero-order chi connectivity index (χ0) is 10.6. The second-order valence-electron chi connectivity index (χ2n) is 3.36. The molecule has 0 radical (unpaired) electrons. The van der Waals surface area contributed by atoms with Crippen LogP contribution >= 0.6 is 0 Å². The molecule has 0 fully saturated rings. The third kappa shape index (κ3) is 2.36. The molecule has 1 heterocycles. The van der Waals surface area contributed by atoms with Crippen LogP contribution in [0.3, 0.4) is 0 Å². The summed E-state index contributed by atoms with van der Waals surface area (Å²) in [5, 5.41) is 4.30. The van der Waals surface area contributed by atoms with Crippen molar-refractivity contribution < 1.29 is 0 Å². The summed E-state index contributed by atoms with van der Waals surface area (Å²) in [6, 6.07) is 0. The summed E-state index contributed by atoms with van der Waals surface area (Å²) in [7, 11) is 1.94. The van der Waals surface area contributed by atoms with Crippen LogP contribution in [0.2, 0.25) is 0 Å². The van der Waals surface area contributed by atoms with E-state index in [2.05, 4.69) is 16.9 Å². The van der Waals surface area contributed by atoms with Gasteiger partial charge < -0.3 is 5.73 Å². The molecule has 3 heteroatoms. The molecule has 0 aliphatic heterocycles. The summed E-state index contributed by atoms with van der Waals surface area (Å²) in [5.41, 5.74) is 8.58. The Bertz CT molecular complexity index is 366. The molecule has 0 spiro atoms. The van der Waals surface area contributed by atoms with Crippen LogP contribution in [0.15, 0.2) is 0 Å². The van der Waals surface area contributed by atoms with Gasteiger partial charge in [0.05, 0.1) is 17.0 Å². The predicted octanol–water partition coefficient (Wildman–Crippen LogP) is 1.13. The van der Waals surface area contributed by atoms with Gasteiger partial charge >= 0.3 is 0 Å². The van der Waals surface area contributed by atoms with E-state index in [4.69, 9.17) is 5.73 Å². The largest absolute Gasteiger partial charge is 0.330 e. The van der Waals surface area contributed by atoms with Crippen LogP contribution in [-0.4, -0.2) is 16.3 Å². The first-order valence-corrected chi connectivity index (χ1v) is 4.86. The summed E-state index contributed by atoms with van der Waals surface area (Å²) in [4.78, 5) is 0. The van der Waals surface area contributed by atoms with Gasteiger partial charge in [-0.3, -0.25) is 4.68 Å². The second-order valence-corrected chi connectivity index (χ2v) is 3.36. The molecule has 76 valence electrons. The molecular weight excluding hydrogens is 174 g/mol. The van der Waals surface area contributed by atoms with E-state index in [1.807, 2.05) is 25.6 Å². The van der Waals surface area contributed by atoms with Gasteiger partial charge in [0.1, 0.15) is 0 Å². The van der Waals surface area contributed by atoms with Crippen molar-refractivity contribution in [3.8, 4) is 11.8 Å². The topological polar surface area (TPSA) is 43.8 Å². The van der Waals surface area contributed by atoms with Crippen LogP contribution in [0.1, 0.15) is 29.8 Å². The van der Waals surface area contributed by atoms with Gasteiger partial charge in [-0.05, 0) is 26.8 Å². The molecule has 0 atom stereocenters. The van der Waals surface area contributed by atoms with E-state index in [9.17, 15) is 0 Å². The lowest BCUT2D eigenvalue weighted by Gasteiger charge is -1.91. The number of hydrogen-bond donors (Lipinski definition) is 1. The van der Waals surface area contributed by atoms with Crippen LogP contribution in [0.4, 0.5) is 0 Å². The maximum Gasteiger partial charge on any atom is 0.0752 e. The average molecular weight is 191 g/mol. The molecule has 0 unspecified atom stereocenters. The summed E-state index contributed by atoms with van der Waals surface area (Å²) < 4.78 is 1.86. The Morgan fingerprint density at radius 3 is 2.64 bits per heavy atom. The van der Waals surface area contributed by atoms with Crippen molar-refractivity contribution in [3.05, 3.63) is 17.0 Å². The first-order chi connectivity index (χ1) is 6.66. The Labute approximate surface area is 85.3 Å².